The Kier molecular flexibility index (Phi) is 15.7. The van der Waals surface area contributed by atoms with Gasteiger partial charge >= 0.3 is 5.97 Å². The van der Waals surface area contributed by atoms with E-state index in [4.69, 9.17) is 5.11 Å². The lowest BCUT2D eigenvalue weighted by molar-refractivity contribution is -0.137. The molecule has 0 bridgehead atoms. The van der Waals surface area contributed by atoms with E-state index in [1.807, 2.05) is 6.08 Å². The summed E-state index contributed by atoms with van der Waals surface area (Å²) in [4.78, 5) is 10.3. The van der Waals surface area contributed by atoms with Crippen molar-refractivity contribution in [3.8, 4) is 0 Å². The van der Waals surface area contributed by atoms with E-state index in [1.165, 1.54) is 12.8 Å². The molecule has 3 nitrogen and oxygen atoms in total. The van der Waals surface area contributed by atoms with Crippen LogP contribution in [-0.2, 0) is 4.79 Å². The Morgan fingerprint density at radius 1 is 0.783 bits per heavy atom. The molecule has 0 unspecified atom stereocenters. The molecule has 0 radical (unpaired) electrons. The lowest BCUT2D eigenvalue weighted by Gasteiger charge is -1.97. The van der Waals surface area contributed by atoms with Crippen LogP contribution >= 0.6 is 0 Å². The first-order valence-corrected chi connectivity index (χ1v) is 9.06. The zero-order chi connectivity index (χ0) is 17.2. The molecule has 0 aromatic rings. The van der Waals surface area contributed by atoms with Gasteiger partial charge in [0.1, 0.15) is 0 Å². The van der Waals surface area contributed by atoms with Crippen LogP contribution in [0, 0.1) is 0 Å². The zero-order valence-corrected chi connectivity index (χ0v) is 14.7. The minimum atomic E-state index is -0.694. The van der Waals surface area contributed by atoms with E-state index in [1.54, 1.807) is 0 Å². The van der Waals surface area contributed by atoms with Gasteiger partial charge in [0.15, 0.2) is 0 Å². The minimum absolute atomic E-state index is 0.295. The fraction of sp³-hybridized carbons (Fsp3) is 0.650. The van der Waals surface area contributed by atoms with Crippen LogP contribution in [-0.4, -0.2) is 16.2 Å². The lowest BCUT2D eigenvalue weighted by Crippen LogP contribution is -1.93. The molecule has 0 aliphatic carbocycles. The second kappa shape index (κ2) is 16.9. The Bertz CT molecular complexity index is 367. The normalized spacial score (nSPS) is 12.5. The van der Waals surface area contributed by atoms with Crippen molar-refractivity contribution in [3.05, 3.63) is 36.1 Å². The van der Waals surface area contributed by atoms with E-state index < -0.39 is 5.97 Å². The molecule has 23 heavy (non-hydrogen) atoms. The molecule has 132 valence electrons. The van der Waals surface area contributed by atoms with Crippen molar-refractivity contribution < 1.29 is 15.0 Å². The van der Waals surface area contributed by atoms with E-state index in [2.05, 4.69) is 31.2 Å². The van der Waals surface area contributed by atoms with Gasteiger partial charge in [-0.25, -0.2) is 0 Å². The Morgan fingerprint density at radius 3 is 2.17 bits per heavy atom. The molecule has 3 heteroatoms. The maximum atomic E-state index is 10.3. The summed E-state index contributed by atoms with van der Waals surface area (Å²) < 4.78 is 0. The molecule has 2 N–H and O–H groups in total. The molecule has 0 atom stereocenters. The number of carboxylic acids is 1. The fourth-order valence-electron chi connectivity index (χ4n) is 2.24. The predicted octanol–water partition coefficient (Wildman–Crippen LogP) is 6.33. The molecule has 0 saturated heterocycles. The third-order valence-electron chi connectivity index (χ3n) is 3.64. The number of allylic oxidation sites excluding steroid dienone is 6. The van der Waals surface area contributed by atoms with E-state index in [0.717, 1.165) is 57.8 Å². The predicted molar refractivity (Wildman–Crippen MR) is 97.7 cm³/mol. The molecule has 0 heterocycles. The highest BCUT2D eigenvalue weighted by Crippen LogP contribution is 2.08. The van der Waals surface area contributed by atoms with Gasteiger partial charge in [0.25, 0.3) is 0 Å². The smallest absolute Gasteiger partial charge is 0.303 e. The van der Waals surface area contributed by atoms with Gasteiger partial charge < -0.3 is 10.2 Å². The van der Waals surface area contributed by atoms with Crippen LogP contribution in [0.1, 0.15) is 84.0 Å². The summed E-state index contributed by atoms with van der Waals surface area (Å²) in [5.41, 5.74) is 0. The average molecular weight is 322 g/mol. The topological polar surface area (TPSA) is 57.5 Å². The first kappa shape index (κ1) is 21.5. The minimum Gasteiger partial charge on any atom is -0.513 e. The van der Waals surface area contributed by atoms with Crippen molar-refractivity contribution in [2.75, 3.05) is 0 Å². The Balaban J connectivity index is 3.44. The highest BCUT2D eigenvalue weighted by atomic mass is 16.4. The van der Waals surface area contributed by atoms with Crippen molar-refractivity contribution in [2.45, 2.75) is 84.0 Å². The quantitative estimate of drug-likeness (QED) is 0.210. The van der Waals surface area contributed by atoms with E-state index >= 15 is 0 Å². The molecule has 0 aromatic heterocycles. The summed E-state index contributed by atoms with van der Waals surface area (Å²) in [6.07, 6.45) is 21.8. The van der Waals surface area contributed by atoms with Crippen molar-refractivity contribution in [1.82, 2.24) is 0 Å². The largest absolute Gasteiger partial charge is 0.513 e. The molecule has 0 fully saturated rings. The van der Waals surface area contributed by atoms with Gasteiger partial charge in [0.05, 0.1) is 5.76 Å². The number of unbranched alkanes of at least 4 members (excludes halogenated alkanes) is 6. The maximum absolute atomic E-state index is 10.3. The summed E-state index contributed by atoms with van der Waals surface area (Å²) in [6, 6.07) is 0. The Hall–Kier alpha value is -1.51. The summed E-state index contributed by atoms with van der Waals surface area (Å²) >= 11 is 0. The molecule has 0 rings (SSSR count). The van der Waals surface area contributed by atoms with Gasteiger partial charge in [0, 0.05) is 12.8 Å². The highest BCUT2D eigenvalue weighted by molar-refractivity contribution is 5.66. The standard InChI is InChI=1S/C20H34O3/c1-2-3-13-16-19(21)17-14-11-9-7-5-4-6-8-10-12-15-18-20(22)23/h4-5,9,11,17,21H,2-3,6-8,10,12-16,18H2,1H3,(H,22,23)/b5-4+,11-9+,19-17+. The molecule has 0 saturated carbocycles. The van der Waals surface area contributed by atoms with Crippen molar-refractivity contribution >= 4 is 5.97 Å². The van der Waals surface area contributed by atoms with Crippen LogP contribution in [0.2, 0.25) is 0 Å². The number of aliphatic carboxylic acids is 1. The number of rotatable bonds is 15. The van der Waals surface area contributed by atoms with Crippen LogP contribution in [0.25, 0.3) is 0 Å². The SMILES string of the molecule is CCCCC/C(O)=C\C/C=C/C/C=C/CCCCCCC(=O)O. The van der Waals surface area contributed by atoms with Gasteiger partial charge in [-0.05, 0) is 44.6 Å². The molecule has 0 aliphatic heterocycles. The van der Waals surface area contributed by atoms with Crippen LogP contribution < -0.4 is 0 Å². The number of hydrogen-bond acceptors (Lipinski definition) is 2. The van der Waals surface area contributed by atoms with Gasteiger partial charge in [-0.3, -0.25) is 4.79 Å². The third-order valence-corrected chi connectivity index (χ3v) is 3.64. The second-order valence-electron chi connectivity index (χ2n) is 5.91. The number of hydrogen-bond donors (Lipinski definition) is 2. The molecule has 0 amide bonds. The van der Waals surface area contributed by atoms with E-state index in [0.29, 0.717) is 12.2 Å². The van der Waals surface area contributed by atoms with Crippen molar-refractivity contribution in [1.29, 1.82) is 0 Å². The number of carbonyl (C=O) groups is 1. The molecular formula is C20H34O3. The number of carboxylic acid groups (broad SMARTS) is 1. The summed E-state index contributed by atoms with van der Waals surface area (Å²) in [5.74, 6) is -0.178. The van der Waals surface area contributed by atoms with Gasteiger partial charge in [-0.1, -0.05) is 56.9 Å². The Morgan fingerprint density at radius 2 is 1.43 bits per heavy atom. The summed E-state index contributed by atoms with van der Waals surface area (Å²) in [6.45, 7) is 2.16. The van der Waals surface area contributed by atoms with Gasteiger partial charge in [-0.15, -0.1) is 0 Å². The maximum Gasteiger partial charge on any atom is 0.303 e. The lowest BCUT2D eigenvalue weighted by atomic mass is 10.1. The van der Waals surface area contributed by atoms with Crippen molar-refractivity contribution in [2.24, 2.45) is 0 Å². The number of aliphatic hydroxyl groups is 1. The van der Waals surface area contributed by atoms with Gasteiger partial charge in [0.2, 0.25) is 0 Å². The van der Waals surface area contributed by atoms with Crippen LogP contribution in [0.4, 0.5) is 0 Å². The van der Waals surface area contributed by atoms with E-state index in [9.17, 15) is 9.90 Å². The molecular weight excluding hydrogens is 288 g/mol. The van der Waals surface area contributed by atoms with Gasteiger partial charge in [-0.2, -0.15) is 0 Å². The third kappa shape index (κ3) is 18.4. The first-order valence-electron chi connectivity index (χ1n) is 9.06. The molecule has 0 aromatic carbocycles. The van der Waals surface area contributed by atoms with Crippen LogP contribution in [0.3, 0.4) is 0 Å². The molecule has 0 spiro atoms. The fourth-order valence-corrected chi connectivity index (χ4v) is 2.24. The average Bonchev–Trinajstić information content (AvgIpc) is 2.51. The van der Waals surface area contributed by atoms with Crippen molar-refractivity contribution in [3.63, 3.8) is 0 Å². The summed E-state index contributed by atoms with van der Waals surface area (Å²) in [5, 5.41) is 18.2. The Labute approximate surface area is 141 Å². The van der Waals surface area contributed by atoms with E-state index in [-0.39, 0.29) is 0 Å². The molecule has 0 aliphatic rings. The monoisotopic (exact) mass is 322 g/mol. The summed E-state index contributed by atoms with van der Waals surface area (Å²) in [7, 11) is 0. The second-order valence-corrected chi connectivity index (χ2v) is 5.91. The highest BCUT2D eigenvalue weighted by Gasteiger charge is 1.95. The van der Waals surface area contributed by atoms with Crippen LogP contribution in [0.15, 0.2) is 36.1 Å². The van der Waals surface area contributed by atoms with Crippen LogP contribution in [0.5, 0.6) is 0 Å². The zero-order valence-electron chi connectivity index (χ0n) is 14.7. The first-order chi connectivity index (χ1) is 11.2. The number of aliphatic hydroxyl groups excluding tert-OH is 1.